The Bertz CT molecular complexity index is 908. The second kappa shape index (κ2) is 7.53. The van der Waals surface area contributed by atoms with Gasteiger partial charge in [0.25, 0.3) is 5.91 Å². The fourth-order valence-electron chi connectivity index (χ4n) is 2.37. The summed E-state index contributed by atoms with van der Waals surface area (Å²) >= 11 is 1.25. The number of likely N-dealkylation sites (N-methyl/N-ethyl adjacent to an activating group) is 1. The normalized spacial score (nSPS) is 17.3. The summed E-state index contributed by atoms with van der Waals surface area (Å²) in [4.78, 5) is 18.9. The van der Waals surface area contributed by atoms with Crippen LogP contribution in [0.3, 0.4) is 0 Å². The number of carbonyl (C=O) groups is 1. The predicted octanol–water partition coefficient (Wildman–Crippen LogP) is 3.73. The van der Waals surface area contributed by atoms with Crippen LogP contribution in [-0.2, 0) is 4.79 Å². The molecule has 1 aliphatic heterocycles. The number of benzene rings is 2. The first-order chi connectivity index (χ1) is 12.5. The fourth-order valence-corrected chi connectivity index (χ4v) is 3.35. The largest absolute Gasteiger partial charge is 0.508 e. The van der Waals surface area contributed by atoms with Crippen molar-refractivity contribution in [2.45, 2.75) is 6.92 Å². The van der Waals surface area contributed by atoms with Gasteiger partial charge in [0.15, 0.2) is 16.7 Å². The van der Waals surface area contributed by atoms with Gasteiger partial charge in [0.1, 0.15) is 5.75 Å². The highest BCUT2D eigenvalue weighted by Gasteiger charge is 2.30. The van der Waals surface area contributed by atoms with Crippen LogP contribution in [-0.4, -0.2) is 39.8 Å². The highest BCUT2D eigenvalue weighted by atomic mass is 32.2. The molecular weight excluding hydrogens is 352 g/mol. The maximum absolute atomic E-state index is 12.5. The van der Waals surface area contributed by atoms with Gasteiger partial charge in [0.05, 0.1) is 17.2 Å². The number of nitrogens with zero attached hydrogens (tertiary/aromatic N) is 2. The van der Waals surface area contributed by atoms with Crippen molar-refractivity contribution in [3.8, 4) is 17.2 Å². The summed E-state index contributed by atoms with van der Waals surface area (Å²) < 4.78 is 5.37. The van der Waals surface area contributed by atoms with Crippen LogP contribution in [0.1, 0.15) is 12.5 Å². The minimum absolute atomic E-state index is 0.0580. The molecule has 0 aromatic heterocycles. The molecule has 0 atom stereocenters. The first kappa shape index (κ1) is 17.9. The van der Waals surface area contributed by atoms with Crippen LogP contribution in [0, 0.1) is 0 Å². The van der Waals surface area contributed by atoms with E-state index in [1.807, 2.05) is 6.92 Å². The lowest BCUT2D eigenvalue weighted by molar-refractivity contribution is -0.121. The molecule has 6 nitrogen and oxygen atoms in total. The Kier molecular flexibility index (Phi) is 5.18. The van der Waals surface area contributed by atoms with E-state index >= 15 is 0 Å². The number of aliphatic imine (C=N–C) groups is 1. The third-order valence-corrected chi connectivity index (χ3v) is 4.70. The molecule has 134 valence electrons. The molecule has 0 spiro atoms. The van der Waals surface area contributed by atoms with Crippen molar-refractivity contribution in [1.82, 2.24) is 4.90 Å². The van der Waals surface area contributed by atoms with Crippen LogP contribution in [0.15, 0.2) is 52.4 Å². The Balaban J connectivity index is 1.89. The van der Waals surface area contributed by atoms with Gasteiger partial charge in [-0.1, -0.05) is 12.1 Å². The number of thioether (sulfide) groups is 1. The van der Waals surface area contributed by atoms with E-state index in [0.29, 0.717) is 28.1 Å². The van der Waals surface area contributed by atoms with Gasteiger partial charge in [-0.3, -0.25) is 9.69 Å². The lowest BCUT2D eigenvalue weighted by atomic mass is 10.2. The molecule has 0 saturated carbocycles. The van der Waals surface area contributed by atoms with Crippen LogP contribution >= 0.6 is 11.8 Å². The monoisotopic (exact) mass is 370 g/mol. The van der Waals surface area contributed by atoms with E-state index in [-0.39, 0.29) is 17.4 Å². The van der Waals surface area contributed by atoms with E-state index < -0.39 is 0 Å². The zero-order chi connectivity index (χ0) is 18.7. The van der Waals surface area contributed by atoms with E-state index in [0.717, 1.165) is 5.56 Å². The van der Waals surface area contributed by atoms with Crippen molar-refractivity contribution >= 4 is 34.6 Å². The summed E-state index contributed by atoms with van der Waals surface area (Å²) in [6.07, 6.45) is 1.73. The number of phenols is 2. The van der Waals surface area contributed by atoms with E-state index in [4.69, 9.17) is 4.74 Å². The molecule has 1 fully saturated rings. The second-order valence-corrected chi connectivity index (χ2v) is 6.56. The van der Waals surface area contributed by atoms with E-state index in [1.165, 1.54) is 28.8 Å². The summed E-state index contributed by atoms with van der Waals surface area (Å²) in [6, 6.07) is 11.5. The Morgan fingerprint density at radius 1 is 1.23 bits per heavy atom. The molecule has 0 unspecified atom stereocenters. The summed E-state index contributed by atoms with van der Waals surface area (Å²) in [5, 5.41) is 19.9. The molecule has 1 saturated heterocycles. The quantitative estimate of drug-likeness (QED) is 0.802. The average Bonchev–Trinajstić information content (AvgIpc) is 2.86. The number of rotatable bonds is 4. The van der Waals surface area contributed by atoms with Gasteiger partial charge in [-0.25, -0.2) is 4.99 Å². The Morgan fingerprint density at radius 3 is 2.77 bits per heavy atom. The molecule has 0 bridgehead atoms. The van der Waals surface area contributed by atoms with Crippen molar-refractivity contribution in [1.29, 1.82) is 0 Å². The maximum Gasteiger partial charge on any atom is 0.266 e. The van der Waals surface area contributed by atoms with Gasteiger partial charge < -0.3 is 14.9 Å². The van der Waals surface area contributed by atoms with Crippen molar-refractivity contribution < 1.29 is 19.7 Å². The molecule has 2 aromatic rings. The third kappa shape index (κ3) is 3.83. The minimum atomic E-state index is -0.167. The Hall–Kier alpha value is -2.93. The van der Waals surface area contributed by atoms with Gasteiger partial charge in [0, 0.05) is 13.1 Å². The van der Waals surface area contributed by atoms with Crippen LogP contribution < -0.4 is 4.74 Å². The molecule has 7 heteroatoms. The van der Waals surface area contributed by atoms with E-state index in [2.05, 4.69) is 4.99 Å². The highest BCUT2D eigenvalue weighted by Crippen LogP contribution is 2.35. The summed E-state index contributed by atoms with van der Waals surface area (Å²) in [6.45, 7) is 2.27. The summed E-state index contributed by atoms with van der Waals surface area (Å²) in [7, 11) is 1.65. The van der Waals surface area contributed by atoms with E-state index in [9.17, 15) is 15.0 Å². The molecule has 2 aromatic carbocycles. The number of carbonyl (C=O) groups excluding carboxylic acids is 1. The summed E-state index contributed by atoms with van der Waals surface area (Å²) in [5.74, 6) is 0.383. The third-order valence-electron chi connectivity index (χ3n) is 3.64. The van der Waals surface area contributed by atoms with Crippen molar-refractivity contribution in [3.63, 3.8) is 0 Å². The van der Waals surface area contributed by atoms with Crippen LogP contribution in [0.5, 0.6) is 17.2 Å². The number of aromatic hydroxyl groups is 2. The van der Waals surface area contributed by atoms with Crippen LogP contribution in [0.4, 0.5) is 5.69 Å². The summed E-state index contributed by atoms with van der Waals surface area (Å²) in [5.41, 5.74) is 1.31. The van der Waals surface area contributed by atoms with Crippen molar-refractivity contribution in [2.24, 2.45) is 4.99 Å². The van der Waals surface area contributed by atoms with E-state index in [1.54, 1.807) is 43.5 Å². The zero-order valence-corrected chi connectivity index (χ0v) is 15.2. The fraction of sp³-hybridized carbons (Fsp3) is 0.158. The molecule has 3 rings (SSSR count). The molecular formula is C19H18N2O4S. The topological polar surface area (TPSA) is 82.4 Å². The van der Waals surface area contributed by atoms with Crippen LogP contribution in [0.25, 0.3) is 6.08 Å². The first-order valence-electron chi connectivity index (χ1n) is 7.99. The number of amides is 1. The number of phenolic OH excluding ortho intramolecular Hbond substituents is 2. The van der Waals surface area contributed by atoms with Gasteiger partial charge >= 0.3 is 0 Å². The number of hydrogen-bond donors (Lipinski definition) is 2. The minimum Gasteiger partial charge on any atom is -0.508 e. The number of ether oxygens (including phenoxy) is 1. The molecule has 0 aliphatic carbocycles. The second-order valence-electron chi connectivity index (χ2n) is 5.55. The van der Waals surface area contributed by atoms with Gasteiger partial charge in [-0.2, -0.15) is 0 Å². The maximum atomic E-state index is 12.5. The molecule has 2 N–H and O–H groups in total. The van der Waals surface area contributed by atoms with Crippen molar-refractivity contribution in [2.75, 3.05) is 13.7 Å². The SMILES string of the molecule is CCOc1cc(/C=C2\SC(=Nc3cccc(O)c3)N(C)C2=O)ccc1O. The van der Waals surface area contributed by atoms with Crippen molar-refractivity contribution in [3.05, 3.63) is 52.9 Å². The molecule has 26 heavy (non-hydrogen) atoms. The van der Waals surface area contributed by atoms with Gasteiger partial charge in [-0.15, -0.1) is 0 Å². The Labute approximate surface area is 155 Å². The highest BCUT2D eigenvalue weighted by molar-refractivity contribution is 8.18. The van der Waals surface area contributed by atoms with Crippen LogP contribution in [0.2, 0.25) is 0 Å². The zero-order valence-electron chi connectivity index (χ0n) is 14.3. The Morgan fingerprint density at radius 2 is 2.04 bits per heavy atom. The van der Waals surface area contributed by atoms with Gasteiger partial charge in [0.2, 0.25) is 0 Å². The number of hydrogen-bond acceptors (Lipinski definition) is 6. The molecule has 1 heterocycles. The first-order valence-corrected chi connectivity index (χ1v) is 8.80. The lowest BCUT2D eigenvalue weighted by Crippen LogP contribution is -2.23. The predicted molar refractivity (Wildman–Crippen MR) is 103 cm³/mol. The molecule has 0 radical (unpaired) electrons. The molecule has 1 aliphatic rings. The lowest BCUT2D eigenvalue weighted by Gasteiger charge is -2.07. The molecule has 1 amide bonds. The van der Waals surface area contributed by atoms with Gasteiger partial charge in [-0.05, 0) is 54.6 Å². The number of amidine groups is 1. The smallest absolute Gasteiger partial charge is 0.266 e. The standard InChI is InChI=1S/C19H18N2O4S/c1-3-25-16-9-12(7-8-15(16)23)10-17-18(24)21(2)19(26-17)20-13-5-4-6-14(22)11-13/h4-11,22-23H,3H2,1-2H3/b17-10-,20-19?. The average molecular weight is 370 g/mol.